The van der Waals surface area contributed by atoms with Crippen LogP contribution in [0.4, 0.5) is 4.79 Å². The predicted molar refractivity (Wildman–Crippen MR) is 177 cm³/mol. The molecular weight excluding hydrogens is 579 g/mol. The molecule has 1 saturated heterocycles. The SMILES string of the molecule is O=C1SC(Cc2ccc(OCCc3cn4ccccc4n3)cc2)C(=O)N1C(c1ccccc1)(c1ccccc1)c1ccccc1. The summed E-state index contributed by atoms with van der Waals surface area (Å²) in [4.78, 5) is 34.4. The van der Waals surface area contributed by atoms with Gasteiger partial charge in [-0.1, -0.05) is 121 Å². The number of hydrogen-bond acceptors (Lipinski definition) is 5. The van der Waals surface area contributed by atoms with Crippen LogP contribution in [0.2, 0.25) is 0 Å². The van der Waals surface area contributed by atoms with E-state index in [1.54, 1.807) is 0 Å². The van der Waals surface area contributed by atoms with Crippen molar-refractivity contribution in [2.75, 3.05) is 6.61 Å². The molecule has 6 aromatic rings. The molecule has 1 aliphatic rings. The summed E-state index contributed by atoms with van der Waals surface area (Å²) in [6, 6.07) is 43.2. The first kappa shape index (κ1) is 28.6. The van der Waals surface area contributed by atoms with E-state index in [1.165, 1.54) is 4.90 Å². The van der Waals surface area contributed by atoms with Crippen molar-refractivity contribution < 1.29 is 14.3 Å². The lowest BCUT2D eigenvalue weighted by Crippen LogP contribution is -2.51. The largest absolute Gasteiger partial charge is 0.493 e. The van der Waals surface area contributed by atoms with Crippen LogP contribution >= 0.6 is 11.8 Å². The first-order chi connectivity index (χ1) is 22.1. The Morgan fingerprint density at radius 1 is 0.711 bits per heavy atom. The summed E-state index contributed by atoms with van der Waals surface area (Å²) in [5.74, 6) is 0.552. The molecular formula is C38H31N3O3S. The fraction of sp³-hybridized carbons (Fsp3) is 0.132. The van der Waals surface area contributed by atoms with Crippen molar-refractivity contribution in [3.8, 4) is 5.75 Å². The van der Waals surface area contributed by atoms with Gasteiger partial charge in [-0.25, -0.2) is 4.98 Å². The van der Waals surface area contributed by atoms with Crippen molar-refractivity contribution >= 4 is 28.6 Å². The number of benzene rings is 4. The molecule has 6 nitrogen and oxygen atoms in total. The zero-order valence-electron chi connectivity index (χ0n) is 24.5. The number of hydrogen-bond donors (Lipinski definition) is 0. The highest BCUT2D eigenvalue weighted by Crippen LogP contribution is 2.47. The molecule has 0 N–H and O–H groups in total. The monoisotopic (exact) mass is 609 g/mol. The Morgan fingerprint density at radius 2 is 1.29 bits per heavy atom. The maximum Gasteiger partial charge on any atom is 0.290 e. The summed E-state index contributed by atoms with van der Waals surface area (Å²) in [5, 5.41) is -0.803. The second-order valence-electron chi connectivity index (χ2n) is 11.0. The molecule has 222 valence electrons. The number of carbonyl (C=O) groups is 2. The first-order valence-corrected chi connectivity index (χ1v) is 15.9. The third kappa shape index (κ3) is 5.51. The summed E-state index contributed by atoms with van der Waals surface area (Å²) in [6.45, 7) is 0.504. The molecule has 45 heavy (non-hydrogen) atoms. The van der Waals surface area contributed by atoms with E-state index in [-0.39, 0.29) is 11.1 Å². The van der Waals surface area contributed by atoms with E-state index in [0.717, 1.165) is 51.1 Å². The molecule has 1 fully saturated rings. The third-order valence-corrected chi connectivity index (χ3v) is 9.25. The molecule has 3 heterocycles. The van der Waals surface area contributed by atoms with E-state index in [2.05, 4.69) is 4.98 Å². The molecule has 2 aromatic heterocycles. The lowest BCUT2D eigenvalue weighted by Gasteiger charge is -2.42. The Labute approximate surface area is 266 Å². The van der Waals surface area contributed by atoms with Crippen LogP contribution in [0.1, 0.15) is 27.9 Å². The van der Waals surface area contributed by atoms with Gasteiger partial charge in [0, 0.05) is 18.8 Å². The molecule has 1 aliphatic heterocycles. The molecule has 1 unspecified atom stereocenters. The number of rotatable bonds is 10. The molecule has 0 radical (unpaired) electrons. The zero-order chi connectivity index (χ0) is 30.6. The predicted octanol–water partition coefficient (Wildman–Crippen LogP) is 7.55. The minimum Gasteiger partial charge on any atom is -0.493 e. The van der Waals surface area contributed by atoms with Crippen molar-refractivity contribution in [1.82, 2.24) is 14.3 Å². The number of carbonyl (C=O) groups excluding carboxylic acids is 2. The average Bonchev–Trinajstić information content (AvgIpc) is 3.63. The van der Waals surface area contributed by atoms with Crippen molar-refractivity contribution in [3.05, 3.63) is 174 Å². The number of pyridine rings is 1. The molecule has 0 aliphatic carbocycles. The summed E-state index contributed by atoms with van der Waals surface area (Å²) in [7, 11) is 0. The van der Waals surface area contributed by atoms with Crippen molar-refractivity contribution in [2.45, 2.75) is 23.6 Å². The van der Waals surface area contributed by atoms with Gasteiger partial charge in [0.15, 0.2) is 0 Å². The van der Waals surface area contributed by atoms with Crippen molar-refractivity contribution in [3.63, 3.8) is 0 Å². The number of imidazole rings is 1. The fourth-order valence-electron chi connectivity index (χ4n) is 6.13. The van der Waals surface area contributed by atoms with Crippen LogP contribution < -0.4 is 4.74 Å². The topological polar surface area (TPSA) is 63.9 Å². The van der Waals surface area contributed by atoms with Gasteiger partial charge in [-0.2, -0.15) is 0 Å². The van der Waals surface area contributed by atoms with Crippen LogP contribution in [0.5, 0.6) is 5.75 Å². The fourth-order valence-corrected chi connectivity index (χ4v) is 7.19. The summed E-state index contributed by atoms with van der Waals surface area (Å²) >= 11 is 1.10. The van der Waals surface area contributed by atoms with Gasteiger partial charge in [0.2, 0.25) is 5.91 Å². The second kappa shape index (κ2) is 12.5. The Bertz CT molecular complexity index is 1800. The standard InChI is InChI=1S/C38H31N3O3S/c42-36-34(26-28-19-21-33(22-20-28)44-25-23-32-27-40-24-11-10-18-35(40)39-32)45-37(43)41(36)38(29-12-4-1-5-13-29,30-14-6-2-7-15-30)31-16-8-3-9-17-31/h1-22,24,27,34H,23,25-26H2. The average molecular weight is 610 g/mol. The second-order valence-corrected chi connectivity index (χ2v) is 12.2. The minimum atomic E-state index is -1.11. The summed E-state index contributed by atoms with van der Waals surface area (Å²) in [5.41, 5.74) is 4.32. The van der Waals surface area contributed by atoms with Crippen LogP contribution in [0.3, 0.4) is 0 Å². The molecule has 4 aromatic carbocycles. The number of amides is 2. The van der Waals surface area contributed by atoms with Crippen molar-refractivity contribution in [1.29, 1.82) is 0 Å². The smallest absolute Gasteiger partial charge is 0.290 e. The van der Waals surface area contributed by atoms with Crippen molar-refractivity contribution in [2.24, 2.45) is 0 Å². The Morgan fingerprint density at radius 3 is 1.87 bits per heavy atom. The Hall–Kier alpha value is -5.14. The van der Waals surface area contributed by atoms with Gasteiger partial charge in [-0.05, 0) is 52.9 Å². The van der Waals surface area contributed by atoms with Crippen LogP contribution in [-0.2, 0) is 23.2 Å². The zero-order valence-corrected chi connectivity index (χ0v) is 25.3. The molecule has 0 bridgehead atoms. The van der Waals surface area contributed by atoms with Gasteiger partial charge in [0.1, 0.15) is 16.9 Å². The first-order valence-electron chi connectivity index (χ1n) is 15.0. The van der Waals surface area contributed by atoms with Gasteiger partial charge in [0.25, 0.3) is 5.24 Å². The highest BCUT2D eigenvalue weighted by molar-refractivity contribution is 8.15. The number of fused-ring (bicyclic) bond motifs is 1. The quantitative estimate of drug-likeness (QED) is 0.150. The maximum absolute atomic E-state index is 14.3. The van der Waals surface area contributed by atoms with Crippen LogP contribution in [0, 0.1) is 0 Å². The van der Waals surface area contributed by atoms with E-state index < -0.39 is 10.8 Å². The Balaban J connectivity index is 1.11. The number of imide groups is 1. The van der Waals surface area contributed by atoms with Gasteiger partial charge in [0.05, 0.1) is 17.6 Å². The number of thioether (sulfide) groups is 1. The van der Waals surface area contributed by atoms with E-state index >= 15 is 0 Å². The van der Waals surface area contributed by atoms with Crippen LogP contribution in [0.25, 0.3) is 5.65 Å². The maximum atomic E-state index is 14.3. The minimum absolute atomic E-state index is 0.200. The molecule has 7 heteroatoms. The van der Waals surface area contributed by atoms with Gasteiger partial charge >= 0.3 is 0 Å². The molecule has 1 atom stereocenters. The number of ether oxygens (including phenoxy) is 1. The van der Waals surface area contributed by atoms with Gasteiger partial charge < -0.3 is 9.14 Å². The van der Waals surface area contributed by atoms with Crippen LogP contribution in [-0.4, -0.2) is 37.3 Å². The van der Waals surface area contributed by atoms with Gasteiger partial charge in [-0.15, -0.1) is 0 Å². The number of nitrogens with zero attached hydrogens (tertiary/aromatic N) is 3. The third-order valence-electron chi connectivity index (χ3n) is 8.22. The highest BCUT2D eigenvalue weighted by Gasteiger charge is 2.53. The van der Waals surface area contributed by atoms with E-state index in [0.29, 0.717) is 19.4 Å². The lowest BCUT2D eigenvalue weighted by atomic mass is 9.75. The summed E-state index contributed by atoms with van der Waals surface area (Å²) < 4.78 is 8.00. The van der Waals surface area contributed by atoms with Gasteiger partial charge in [-0.3, -0.25) is 14.5 Å². The van der Waals surface area contributed by atoms with E-state index in [4.69, 9.17) is 4.74 Å². The van der Waals surface area contributed by atoms with Crippen LogP contribution in [0.15, 0.2) is 146 Å². The molecule has 0 spiro atoms. The molecule has 7 rings (SSSR count). The lowest BCUT2D eigenvalue weighted by molar-refractivity contribution is -0.129. The normalized spacial score (nSPS) is 15.1. The summed E-state index contributed by atoms with van der Waals surface area (Å²) in [6.07, 6.45) is 5.13. The highest BCUT2D eigenvalue weighted by atomic mass is 32.2. The van der Waals surface area contributed by atoms with E-state index in [9.17, 15) is 9.59 Å². The molecule has 0 saturated carbocycles. The Kier molecular flexibility index (Phi) is 7.92. The van der Waals surface area contributed by atoms with E-state index in [1.807, 2.05) is 150 Å². The molecule has 2 amide bonds. The number of aromatic nitrogens is 2.